The van der Waals surface area contributed by atoms with Crippen LogP contribution < -0.4 is 11.1 Å². The van der Waals surface area contributed by atoms with E-state index in [1.807, 2.05) is 13.8 Å². The molecule has 1 saturated heterocycles. The van der Waals surface area contributed by atoms with Crippen molar-refractivity contribution in [2.75, 3.05) is 6.67 Å². The molecular weight excluding hydrogens is 631 g/mol. The Balaban J connectivity index is 1.61. The Morgan fingerprint density at radius 1 is 1.02 bits per heavy atom. The molecule has 5 atom stereocenters. The van der Waals surface area contributed by atoms with Gasteiger partial charge in [0.2, 0.25) is 0 Å². The van der Waals surface area contributed by atoms with Crippen molar-refractivity contribution < 1.29 is 50.9 Å². The van der Waals surface area contributed by atoms with Crippen LogP contribution in [0.25, 0.3) is 43.6 Å². The molecule has 0 aliphatic carbocycles. The van der Waals surface area contributed by atoms with E-state index in [4.69, 9.17) is 15.2 Å². The highest BCUT2D eigenvalue weighted by molar-refractivity contribution is 6.39. The van der Waals surface area contributed by atoms with Crippen molar-refractivity contribution >= 4 is 61.4 Å². The van der Waals surface area contributed by atoms with Gasteiger partial charge in [-0.1, -0.05) is 13.8 Å². The predicted molar refractivity (Wildman–Crippen MR) is 158 cm³/mol. The normalized spacial score (nSPS) is 22.2. The van der Waals surface area contributed by atoms with Gasteiger partial charge in [0, 0.05) is 45.6 Å². The van der Waals surface area contributed by atoms with Crippen molar-refractivity contribution in [2.45, 2.75) is 57.3 Å². The van der Waals surface area contributed by atoms with E-state index < -0.39 is 78.3 Å². The van der Waals surface area contributed by atoms with Gasteiger partial charge < -0.3 is 29.9 Å². The lowest BCUT2D eigenvalue weighted by Crippen LogP contribution is -2.50. The molecule has 0 spiro atoms. The lowest BCUT2D eigenvalue weighted by molar-refractivity contribution is -0.217. The maximum absolute atomic E-state index is 15.0. The minimum absolute atomic E-state index is 0.00350. The number of rotatable bonds is 6. The van der Waals surface area contributed by atoms with Gasteiger partial charge in [0.25, 0.3) is 11.8 Å². The van der Waals surface area contributed by atoms with Crippen LogP contribution in [0.4, 0.5) is 22.0 Å². The fourth-order valence-corrected chi connectivity index (χ4v) is 6.82. The number of esters is 1. The first-order valence-electron chi connectivity index (χ1n) is 14.8. The first-order valence-corrected chi connectivity index (χ1v) is 14.8. The number of nitrogens with two attached hydrogens (primary N) is 1. The number of aromatic nitrogens is 2. The van der Waals surface area contributed by atoms with Crippen molar-refractivity contribution in [1.29, 1.82) is 0 Å². The van der Waals surface area contributed by atoms with Crippen LogP contribution in [0.15, 0.2) is 24.3 Å². The summed E-state index contributed by atoms with van der Waals surface area (Å²) in [5, 5.41) is 13.2. The summed E-state index contributed by atoms with van der Waals surface area (Å²) < 4.78 is 86.0. The molecule has 10 nitrogen and oxygen atoms in total. The van der Waals surface area contributed by atoms with Crippen LogP contribution in [0.3, 0.4) is 0 Å². The standard InChI is InChI=1S/C32H27F5N4O6/c1-10(2)3-18(38)32(45)47-28-21(42)4-11(9-33)46-31(28)41-20-8-17(37)15(35)6-13(20)23-25-24(29(43)40-30(25)44)22-12-5-14(34)16(36)7-19(12)39-26(22)27(23)41/h5-8,10-11,18,21,28,31,39,42H,3-4,9,38H2,1-2H3,(H,40,43,44)/t11-,18-,21-,28+,31?/m0/s1. The van der Waals surface area contributed by atoms with Crippen molar-refractivity contribution in [1.82, 2.24) is 14.9 Å². The molecule has 3 aromatic carbocycles. The molecule has 0 bridgehead atoms. The number of aromatic amines is 1. The van der Waals surface area contributed by atoms with E-state index in [-0.39, 0.29) is 73.5 Å². The molecule has 1 unspecified atom stereocenters. The van der Waals surface area contributed by atoms with Gasteiger partial charge >= 0.3 is 5.97 Å². The number of nitrogens with one attached hydrogen (secondary N) is 2. The lowest BCUT2D eigenvalue weighted by Gasteiger charge is -2.40. The second-order valence-electron chi connectivity index (χ2n) is 12.3. The van der Waals surface area contributed by atoms with E-state index in [1.165, 1.54) is 4.57 Å². The molecule has 15 heteroatoms. The molecule has 0 saturated carbocycles. The molecular formula is C32H27F5N4O6. The Bertz CT molecular complexity index is 2180. The Hall–Kier alpha value is -4.60. The van der Waals surface area contributed by atoms with E-state index in [2.05, 4.69) is 10.3 Å². The third-order valence-corrected chi connectivity index (χ3v) is 8.76. The van der Waals surface area contributed by atoms with Crippen molar-refractivity contribution in [3.63, 3.8) is 0 Å². The van der Waals surface area contributed by atoms with Crippen LogP contribution in [0.5, 0.6) is 0 Å². The van der Waals surface area contributed by atoms with Crippen LogP contribution in [-0.2, 0) is 14.3 Å². The Labute approximate surface area is 261 Å². The molecule has 246 valence electrons. The zero-order valence-corrected chi connectivity index (χ0v) is 24.8. The Morgan fingerprint density at radius 3 is 2.30 bits per heavy atom. The van der Waals surface area contributed by atoms with Gasteiger partial charge in [-0.25, -0.2) is 22.0 Å². The van der Waals surface area contributed by atoms with Crippen LogP contribution in [0.2, 0.25) is 0 Å². The number of hydrogen-bond donors (Lipinski definition) is 4. The number of nitrogens with zero attached hydrogens (tertiary/aromatic N) is 1. The maximum Gasteiger partial charge on any atom is 0.323 e. The molecule has 5 N–H and O–H groups in total. The monoisotopic (exact) mass is 658 g/mol. The highest BCUT2D eigenvalue weighted by Crippen LogP contribution is 2.47. The number of benzene rings is 3. The molecule has 2 amide bonds. The van der Waals surface area contributed by atoms with Gasteiger partial charge in [-0.15, -0.1) is 0 Å². The van der Waals surface area contributed by atoms with E-state index in [9.17, 15) is 41.4 Å². The molecule has 2 aliphatic heterocycles. The summed E-state index contributed by atoms with van der Waals surface area (Å²) in [6, 6.07) is 2.12. The third kappa shape index (κ3) is 4.66. The number of H-pyrrole nitrogens is 1. The first kappa shape index (κ1) is 31.0. The SMILES string of the molecule is CC(C)C[C@H](N)C(=O)O[C@H]1C(n2c3cc(F)c(F)cc3c3c4c(c5c6cc(F)c(F)cc6[nH]c5c32)C(=O)NC4=O)O[C@H](CF)C[C@@H]1O. The number of carbonyl (C=O) groups excluding carboxylic acids is 3. The summed E-state index contributed by atoms with van der Waals surface area (Å²) in [7, 11) is 0. The second-order valence-corrected chi connectivity index (χ2v) is 12.3. The number of imide groups is 1. The van der Waals surface area contributed by atoms with Gasteiger partial charge in [-0.05, 0) is 24.5 Å². The van der Waals surface area contributed by atoms with Gasteiger partial charge in [0.05, 0.1) is 39.9 Å². The number of hydrogen-bond acceptors (Lipinski definition) is 7. The summed E-state index contributed by atoms with van der Waals surface area (Å²) in [6.07, 6.45) is -6.11. The number of amides is 2. The van der Waals surface area contributed by atoms with Crippen LogP contribution in [0.1, 0.15) is 53.6 Å². The van der Waals surface area contributed by atoms with E-state index in [0.717, 1.165) is 24.3 Å². The quantitative estimate of drug-likeness (QED) is 0.117. The maximum atomic E-state index is 15.0. The topological polar surface area (TPSA) is 149 Å². The highest BCUT2D eigenvalue weighted by atomic mass is 19.2. The van der Waals surface area contributed by atoms with Gasteiger partial charge in [0.15, 0.2) is 35.6 Å². The average molecular weight is 659 g/mol. The minimum Gasteiger partial charge on any atom is -0.454 e. The molecule has 5 aromatic rings. The number of carbonyl (C=O) groups is 3. The zero-order valence-electron chi connectivity index (χ0n) is 24.8. The van der Waals surface area contributed by atoms with E-state index >= 15 is 0 Å². The Morgan fingerprint density at radius 2 is 1.64 bits per heavy atom. The first-order chi connectivity index (χ1) is 22.3. The second kappa shape index (κ2) is 11.0. The summed E-state index contributed by atoms with van der Waals surface area (Å²) >= 11 is 0. The summed E-state index contributed by atoms with van der Waals surface area (Å²) in [6.45, 7) is 2.57. The number of fused-ring (bicyclic) bond motifs is 10. The van der Waals surface area contributed by atoms with E-state index in [0.29, 0.717) is 0 Å². The van der Waals surface area contributed by atoms with Gasteiger partial charge in [-0.3, -0.25) is 19.7 Å². The van der Waals surface area contributed by atoms with Gasteiger partial charge in [0.1, 0.15) is 12.7 Å². The molecule has 47 heavy (non-hydrogen) atoms. The van der Waals surface area contributed by atoms with Crippen molar-refractivity contribution in [3.8, 4) is 0 Å². The molecule has 1 fully saturated rings. The number of aliphatic hydroxyl groups is 1. The zero-order chi connectivity index (χ0) is 33.6. The molecule has 4 heterocycles. The Kier molecular flexibility index (Phi) is 7.26. The number of alkyl halides is 1. The number of halogens is 5. The molecule has 7 rings (SSSR count). The summed E-state index contributed by atoms with van der Waals surface area (Å²) in [5.74, 6) is -7.84. The fourth-order valence-electron chi connectivity index (χ4n) is 6.82. The summed E-state index contributed by atoms with van der Waals surface area (Å²) in [4.78, 5) is 42.6. The van der Waals surface area contributed by atoms with Crippen molar-refractivity contribution in [3.05, 3.63) is 58.7 Å². The third-order valence-electron chi connectivity index (χ3n) is 8.76. The average Bonchev–Trinajstić information content (AvgIpc) is 3.62. The fraction of sp³-hybridized carbons (Fsp3) is 0.344. The highest BCUT2D eigenvalue weighted by Gasteiger charge is 2.45. The molecule has 2 aliphatic rings. The van der Waals surface area contributed by atoms with Crippen LogP contribution in [-0.4, -0.2) is 63.5 Å². The number of ether oxygens (including phenoxy) is 2. The predicted octanol–water partition coefficient (Wildman–Crippen LogP) is 4.77. The lowest BCUT2D eigenvalue weighted by atomic mass is 9.96. The largest absolute Gasteiger partial charge is 0.454 e. The molecule has 2 aromatic heterocycles. The smallest absolute Gasteiger partial charge is 0.323 e. The minimum atomic E-state index is -1.64. The van der Waals surface area contributed by atoms with E-state index in [1.54, 1.807) is 0 Å². The number of aliphatic hydroxyl groups excluding tert-OH is 1. The van der Waals surface area contributed by atoms with Crippen LogP contribution >= 0.6 is 0 Å². The summed E-state index contributed by atoms with van der Waals surface area (Å²) in [5.41, 5.74) is 5.32. The van der Waals surface area contributed by atoms with Gasteiger partial charge in [-0.2, -0.15) is 0 Å². The molecule has 0 radical (unpaired) electrons. The van der Waals surface area contributed by atoms with Crippen LogP contribution in [0, 0.1) is 29.2 Å². The van der Waals surface area contributed by atoms with Crippen molar-refractivity contribution in [2.24, 2.45) is 11.7 Å².